The van der Waals surface area contributed by atoms with E-state index in [1.807, 2.05) is 91.5 Å². The molecule has 0 aliphatic carbocycles. The molecule has 0 atom stereocenters. The number of anilines is 1. The molecular formula is C24H20N6O. The largest absolute Gasteiger partial charge is 0.454 e. The van der Waals surface area contributed by atoms with Crippen molar-refractivity contribution in [2.24, 2.45) is 5.10 Å². The van der Waals surface area contributed by atoms with E-state index in [1.54, 1.807) is 6.21 Å². The monoisotopic (exact) mass is 408 g/mol. The van der Waals surface area contributed by atoms with E-state index >= 15 is 0 Å². The van der Waals surface area contributed by atoms with Crippen molar-refractivity contribution >= 4 is 23.1 Å². The number of furan rings is 1. The van der Waals surface area contributed by atoms with Gasteiger partial charge in [-0.3, -0.25) is 0 Å². The maximum absolute atomic E-state index is 6.06. The number of aryl methyl sites for hydroxylation is 2. The molecule has 5 aromatic rings. The molecule has 0 aliphatic heterocycles. The van der Waals surface area contributed by atoms with Gasteiger partial charge < -0.3 is 4.42 Å². The van der Waals surface area contributed by atoms with Gasteiger partial charge in [-0.15, -0.1) is 0 Å². The van der Waals surface area contributed by atoms with Gasteiger partial charge in [0.1, 0.15) is 11.3 Å². The molecule has 0 fully saturated rings. The van der Waals surface area contributed by atoms with Gasteiger partial charge in [0.05, 0.1) is 11.9 Å². The molecule has 3 aromatic heterocycles. The summed E-state index contributed by atoms with van der Waals surface area (Å²) in [5.74, 6) is 1.13. The van der Waals surface area contributed by atoms with Gasteiger partial charge in [0.15, 0.2) is 5.76 Å². The van der Waals surface area contributed by atoms with E-state index in [1.165, 1.54) is 0 Å². The molecule has 31 heavy (non-hydrogen) atoms. The fraction of sp³-hybridized carbons (Fsp3) is 0.0833. The highest BCUT2D eigenvalue weighted by Gasteiger charge is 2.15. The van der Waals surface area contributed by atoms with Crippen molar-refractivity contribution < 1.29 is 4.42 Å². The Morgan fingerprint density at radius 3 is 2.45 bits per heavy atom. The molecule has 0 unspecified atom stereocenters. The highest BCUT2D eigenvalue weighted by molar-refractivity contribution is 5.90. The lowest BCUT2D eigenvalue weighted by Gasteiger charge is -2.01. The minimum atomic E-state index is 0.453. The number of hydrogen-bond acceptors (Lipinski definition) is 6. The van der Waals surface area contributed by atoms with E-state index in [9.17, 15) is 0 Å². The standard InChI is InChI=1S/C24H20N6O/c1-16-12-17(2)27-24(26-16)28-25-14-19-15-30(20-9-4-3-5-10-20)29-23(19)22-13-18-8-6-7-11-21(18)31-22/h3-15H,1-2H3,(H,26,27,28)/b25-14+. The molecule has 2 aromatic carbocycles. The van der Waals surface area contributed by atoms with Crippen molar-refractivity contribution in [1.82, 2.24) is 19.7 Å². The Balaban J connectivity index is 1.53. The zero-order valence-electron chi connectivity index (χ0n) is 17.1. The summed E-state index contributed by atoms with van der Waals surface area (Å²) in [6.07, 6.45) is 3.63. The first-order valence-corrected chi connectivity index (χ1v) is 9.91. The molecule has 1 N–H and O–H groups in total. The maximum Gasteiger partial charge on any atom is 0.243 e. The van der Waals surface area contributed by atoms with Crippen LogP contribution in [0, 0.1) is 13.8 Å². The zero-order valence-corrected chi connectivity index (χ0v) is 17.1. The number of benzene rings is 2. The van der Waals surface area contributed by atoms with Crippen LogP contribution in [-0.2, 0) is 0 Å². The number of nitrogens with zero attached hydrogens (tertiary/aromatic N) is 5. The smallest absolute Gasteiger partial charge is 0.243 e. The number of hydrazone groups is 1. The summed E-state index contributed by atoms with van der Waals surface area (Å²) in [7, 11) is 0. The second kappa shape index (κ2) is 7.87. The minimum absolute atomic E-state index is 0.453. The number of hydrogen-bond donors (Lipinski definition) is 1. The highest BCUT2D eigenvalue weighted by Crippen LogP contribution is 2.29. The molecule has 5 rings (SSSR count). The van der Waals surface area contributed by atoms with Crippen molar-refractivity contribution in [2.75, 3.05) is 5.43 Å². The van der Waals surface area contributed by atoms with Gasteiger partial charge in [-0.1, -0.05) is 36.4 Å². The molecule has 0 saturated heterocycles. The van der Waals surface area contributed by atoms with Crippen LogP contribution >= 0.6 is 0 Å². The van der Waals surface area contributed by atoms with E-state index in [-0.39, 0.29) is 0 Å². The summed E-state index contributed by atoms with van der Waals surface area (Å²) < 4.78 is 7.87. The Morgan fingerprint density at radius 2 is 1.68 bits per heavy atom. The molecule has 0 radical (unpaired) electrons. The lowest BCUT2D eigenvalue weighted by Crippen LogP contribution is -1.99. The number of fused-ring (bicyclic) bond motifs is 1. The van der Waals surface area contributed by atoms with E-state index in [4.69, 9.17) is 9.52 Å². The van der Waals surface area contributed by atoms with Gasteiger partial charge in [-0.2, -0.15) is 10.2 Å². The van der Waals surface area contributed by atoms with Crippen molar-refractivity contribution in [1.29, 1.82) is 0 Å². The third-order valence-corrected chi connectivity index (χ3v) is 4.77. The molecule has 7 nitrogen and oxygen atoms in total. The second-order valence-electron chi connectivity index (χ2n) is 7.21. The molecule has 152 valence electrons. The van der Waals surface area contributed by atoms with Crippen molar-refractivity contribution in [3.8, 4) is 17.1 Å². The average Bonchev–Trinajstić information content (AvgIpc) is 3.38. The van der Waals surface area contributed by atoms with Gasteiger partial charge in [-0.05, 0) is 44.2 Å². The quantitative estimate of drug-likeness (QED) is 0.322. The third-order valence-electron chi connectivity index (χ3n) is 4.77. The Morgan fingerprint density at radius 1 is 0.935 bits per heavy atom. The SMILES string of the molecule is Cc1cc(C)nc(N/N=C/c2cn(-c3ccccc3)nc2-c2cc3ccccc3o2)n1. The molecular weight excluding hydrogens is 388 g/mol. The summed E-state index contributed by atoms with van der Waals surface area (Å²) in [6.45, 7) is 3.85. The summed E-state index contributed by atoms with van der Waals surface area (Å²) in [5, 5.41) is 10.1. The van der Waals surface area contributed by atoms with Crippen LogP contribution in [-0.4, -0.2) is 26.0 Å². The number of aromatic nitrogens is 4. The molecule has 0 amide bonds. The van der Waals surface area contributed by atoms with Crippen LogP contribution < -0.4 is 5.43 Å². The number of rotatable bonds is 5. The molecule has 0 saturated carbocycles. The van der Waals surface area contributed by atoms with E-state index in [0.29, 0.717) is 17.4 Å². The third kappa shape index (κ3) is 3.93. The van der Waals surface area contributed by atoms with Gasteiger partial charge in [-0.25, -0.2) is 20.1 Å². The molecule has 0 spiro atoms. The minimum Gasteiger partial charge on any atom is -0.454 e. The Kier molecular flexibility index (Phi) is 4.76. The van der Waals surface area contributed by atoms with Crippen LogP contribution in [0.3, 0.4) is 0 Å². The van der Waals surface area contributed by atoms with Gasteiger partial charge in [0.2, 0.25) is 5.95 Å². The van der Waals surface area contributed by atoms with E-state index in [2.05, 4.69) is 20.5 Å². The zero-order chi connectivity index (χ0) is 21.2. The van der Waals surface area contributed by atoms with Crippen molar-refractivity contribution in [2.45, 2.75) is 13.8 Å². The van der Waals surface area contributed by atoms with Crippen LogP contribution in [0.25, 0.3) is 28.1 Å². The summed E-state index contributed by atoms with van der Waals surface area (Å²) in [4.78, 5) is 8.70. The first kappa shape index (κ1) is 18.7. The molecule has 0 aliphatic rings. The van der Waals surface area contributed by atoms with Crippen molar-refractivity contribution in [3.05, 3.63) is 89.9 Å². The maximum atomic E-state index is 6.06. The van der Waals surface area contributed by atoms with E-state index in [0.717, 1.165) is 33.6 Å². The fourth-order valence-electron chi connectivity index (χ4n) is 3.42. The van der Waals surface area contributed by atoms with E-state index < -0.39 is 0 Å². The summed E-state index contributed by atoms with van der Waals surface area (Å²) in [6, 6.07) is 21.7. The Bertz CT molecular complexity index is 1330. The average molecular weight is 408 g/mol. The van der Waals surface area contributed by atoms with Crippen molar-refractivity contribution in [3.63, 3.8) is 0 Å². The summed E-state index contributed by atoms with van der Waals surface area (Å²) >= 11 is 0. The predicted octanol–water partition coefficient (Wildman–Crippen LogP) is 5.14. The predicted molar refractivity (Wildman–Crippen MR) is 121 cm³/mol. The van der Waals surface area contributed by atoms with Crippen LogP contribution in [0.1, 0.15) is 17.0 Å². The summed E-state index contributed by atoms with van der Waals surface area (Å²) in [5.41, 5.74) is 7.94. The normalized spacial score (nSPS) is 11.4. The second-order valence-corrected chi connectivity index (χ2v) is 7.21. The van der Waals surface area contributed by atoms with Crippen LogP contribution in [0.2, 0.25) is 0 Å². The lowest BCUT2D eigenvalue weighted by atomic mass is 10.2. The fourth-order valence-corrected chi connectivity index (χ4v) is 3.42. The highest BCUT2D eigenvalue weighted by atomic mass is 16.3. The van der Waals surface area contributed by atoms with Crippen LogP contribution in [0.4, 0.5) is 5.95 Å². The van der Waals surface area contributed by atoms with Gasteiger partial charge >= 0.3 is 0 Å². The first-order valence-electron chi connectivity index (χ1n) is 9.91. The Hall–Kier alpha value is -4.26. The number of para-hydroxylation sites is 2. The lowest BCUT2D eigenvalue weighted by molar-refractivity contribution is 0.627. The van der Waals surface area contributed by atoms with Crippen LogP contribution in [0.5, 0.6) is 0 Å². The molecule has 3 heterocycles. The van der Waals surface area contributed by atoms with Gasteiger partial charge in [0, 0.05) is 28.5 Å². The first-order chi connectivity index (χ1) is 15.2. The Labute approximate surface area is 179 Å². The van der Waals surface area contributed by atoms with Gasteiger partial charge in [0.25, 0.3) is 0 Å². The molecule has 7 heteroatoms. The van der Waals surface area contributed by atoms with Crippen LogP contribution in [0.15, 0.2) is 82.4 Å². The number of nitrogens with one attached hydrogen (secondary N) is 1. The topological polar surface area (TPSA) is 81.1 Å². The molecule has 0 bridgehead atoms.